The molecule has 2 heterocycles. The standard InChI is InChI=1S/C15H17N5/c1-10-12(9-19(2)17-10)14-13(15(16)20(3)18-14)11-7-5-4-6-8-11/h4-9H,16H2,1-3H3. The monoisotopic (exact) mass is 267 g/mol. The molecular weight excluding hydrogens is 250 g/mol. The van der Waals surface area contributed by atoms with Crippen molar-refractivity contribution in [2.75, 3.05) is 5.73 Å². The summed E-state index contributed by atoms with van der Waals surface area (Å²) in [5.41, 5.74) is 11.1. The first-order valence-electron chi connectivity index (χ1n) is 6.46. The van der Waals surface area contributed by atoms with Gasteiger partial charge in [-0.05, 0) is 12.5 Å². The summed E-state index contributed by atoms with van der Waals surface area (Å²) < 4.78 is 3.51. The number of nitrogens with zero attached hydrogens (tertiary/aromatic N) is 4. The zero-order valence-corrected chi connectivity index (χ0v) is 11.8. The van der Waals surface area contributed by atoms with Crippen LogP contribution in [0.2, 0.25) is 0 Å². The first kappa shape index (κ1) is 12.5. The molecule has 2 N–H and O–H groups in total. The number of aromatic nitrogens is 4. The van der Waals surface area contributed by atoms with E-state index in [1.807, 2.05) is 57.5 Å². The van der Waals surface area contributed by atoms with Crippen molar-refractivity contribution in [1.82, 2.24) is 19.6 Å². The number of nitrogen functional groups attached to an aromatic ring is 1. The molecule has 3 rings (SSSR count). The summed E-state index contributed by atoms with van der Waals surface area (Å²) in [6.45, 7) is 1.98. The number of hydrogen-bond acceptors (Lipinski definition) is 3. The summed E-state index contributed by atoms with van der Waals surface area (Å²) in [6.07, 6.45) is 1.98. The zero-order chi connectivity index (χ0) is 14.3. The van der Waals surface area contributed by atoms with E-state index in [1.165, 1.54) is 0 Å². The third kappa shape index (κ3) is 1.87. The van der Waals surface area contributed by atoms with Gasteiger partial charge < -0.3 is 5.73 Å². The highest BCUT2D eigenvalue weighted by Gasteiger charge is 2.19. The normalized spacial score (nSPS) is 10.9. The average molecular weight is 267 g/mol. The van der Waals surface area contributed by atoms with Gasteiger partial charge in [0.15, 0.2) is 0 Å². The Hall–Kier alpha value is -2.56. The fourth-order valence-corrected chi connectivity index (χ4v) is 2.45. The molecule has 2 aromatic heterocycles. The molecule has 0 atom stereocenters. The highest BCUT2D eigenvalue weighted by atomic mass is 15.3. The minimum absolute atomic E-state index is 0.662. The Kier molecular flexibility index (Phi) is 2.82. The van der Waals surface area contributed by atoms with Gasteiger partial charge in [0.1, 0.15) is 11.5 Å². The van der Waals surface area contributed by atoms with E-state index < -0.39 is 0 Å². The molecule has 1 aromatic carbocycles. The van der Waals surface area contributed by atoms with E-state index in [0.717, 1.165) is 28.1 Å². The summed E-state index contributed by atoms with van der Waals surface area (Å²) in [5.74, 6) is 0.662. The fourth-order valence-electron chi connectivity index (χ4n) is 2.45. The van der Waals surface area contributed by atoms with Crippen LogP contribution in [-0.4, -0.2) is 19.6 Å². The van der Waals surface area contributed by atoms with Gasteiger partial charge in [-0.15, -0.1) is 0 Å². The predicted molar refractivity (Wildman–Crippen MR) is 80.0 cm³/mol. The van der Waals surface area contributed by atoms with E-state index in [4.69, 9.17) is 5.73 Å². The SMILES string of the molecule is Cc1nn(C)cc1-c1nn(C)c(N)c1-c1ccccc1. The molecule has 0 aliphatic carbocycles. The molecule has 0 aliphatic heterocycles. The Morgan fingerprint density at radius 3 is 2.35 bits per heavy atom. The second-order valence-corrected chi connectivity index (χ2v) is 4.90. The molecule has 5 heteroatoms. The van der Waals surface area contributed by atoms with Crippen molar-refractivity contribution in [2.24, 2.45) is 14.1 Å². The predicted octanol–water partition coefficient (Wildman–Crippen LogP) is 2.38. The van der Waals surface area contributed by atoms with Crippen LogP contribution < -0.4 is 5.73 Å². The van der Waals surface area contributed by atoms with Crippen molar-refractivity contribution >= 4 is 5.82 Å². The lowest BCUT2D eigenvalue weighted by Crippen LogP contribution is -1.97. The van der Waals surface area contributed by atoms with Crippen molar-refractivity contribution in [3.8, 4) is 22.4 Å². The van der Waals surface area contributed by atoms with Gasteiger partial charge in [0, 0.05) is 25.9 Å². The third-order valence-electron chi connectivity index (χ3n) is 3.42. The molecule has 0 fully saturated rings. The van der Waals surface area contributed by atoms with Gasteiger partial charge in [-0.25, -0.2) is 0 Å². The third-order valence-corrected chi connectivity index (χ3v) is 3.42. The van der Waals surface area contributed by atoms with Gasteiger partial charge in [0.25, 0.3) is 0 Å². The second-order valence-electron chi connectivity index (χ2n) is 4.90. The van der Waals surface area contributed by atoms with Crippen molar-refractivity contribution < 1.29 is 0 Å². The minimum Gasteiger partial charge on any atom is -0.383 e. The molecule has 0 aliphatic rings. The quantitative estimate of drug-likeness (QED) is 0.775. The fraction of sp³-hybridized carbons (Fsp3) is 0.200. The van der Waals surface area contributed by atoms with Crippen LogP contribution in [0, 0.1) is 6.92 Å². The van der Waals surface area contributed by atoms with Gasteiger partial charge >= 0.3 is 0 Å². The van der Waals surface area contributed by atoms with E-state index in [0.29, 0.717) is 5.82 Å². The molecule has 0 saturated carbocycles. The van der Waals surface area contributed by atoms with Crippen LogP contribution in [0.1, 0.15) is 5.69 Å². The Bertz CT molecular complexity index is 752. The van der Waals surface area contributed by atoms with Gasteiger partial charge in [-0.1, -0.05) is 30.3 Å². The molecule has 0 saturated heterocycles. The number of benzene rings is 1. The Balaban J connectivity index is 2.28. The van der Waals surface area contributed by atoms with Crippen molar-refractivity contribution in [1.29, 1.82) is 0 Å². The largest absolute Gasteiger partial charge is 0.383 e. The number of rotatable bonds is 2. The van der Waals surface area contributed by atoms with Crippen molar-refractivity contribution in [2.45, 2.75) is 6.92 Å². The first-order chi connectivity index (χ1) is 9.58. The molecule has 0 unspecified atom stereocenters. The molecule has 3 aromatic rings. The van der Waals surface area contributed by atoms with Crippen LogP contribution in [0.3, 0.4) is 0 Å². The molecule has 0 radical (unpaired) electrons. The van der Waals surface area contributed by atoms with E-state index in [2.05, 4.69) is 10.2 Å². The maximum Gasteiger partial charge on any atom is 0.129 e. The van der Waals surface area contributed by atoms with Gasteiger partial charge in [-0.3, -0.25) is 9.36 Å². The average Bonchev–Trinajstić information content (AvgIpc) is 2.91. The number of anilines is 1. The second kappa shape index (κ2) is 4.52. The zero-order valence-electron chi connectivity index (χ0n) is 11.8. The summed E-state index contributed by atoms with van der Waals surface area (Å²) in [6, 6.07) is 10.1. The summed E-state index contributed by atoms with van der Waals surface area (Å²) in [4.78, 5) is 0. The van der Waals surface area contributed by atoms with Gasteiger partial charge in [0.05, 0.1) is 11.3 Å². The summed E-state index contributed by atoms with van der Waals surface area (Å²) >= 11 is 0. The number of nitrogens with two attached hydrogens (primary N) is 1. The van der Waals surface area contributed by atoms with Crippen LogP contribution in [0.15, 0.2) is 36.5 Å². The highest BCUT2D eigenvalue weighted by molar-refractivity contribution is 5.88. The van der Waals surface area contributed by atoms with Gasteiger partial charge in [0.2, 0.25) is 0 Å². The van der Waals surface area contributed by atoms with E-state index >= 15 is 0 Å². The van der Waals surface area contributed by atoms with Crippen LogP contribution in [0.25, 0.3) is 22.4 Å². The van der Waals surface area contributed by atoms with E-state index in [-0.39, 0.29) is 0 Å². The number of hydrogen-bond donors (Lipinski definition) is 1. The Labute approximate surface area is 117 Å². The lowest BCUT2D eigenvalue weighted by Gasteiger charge is -2.03. The first-order valence-corrected chi connectivity index (χ1v) is 6.46. The van der Waals surface area contributed by atoms with E-state index in [9.17, 15) is 0 Å². The summed E-state index contributed by atoms with van der Waals surface area (Å²) in [7, 11) is 3.77. The summed E-state index contributed by atoms with van der Waals surface area (Å²) in [5, 5.41) is 8.96. The van der Waals surface area contributed by atoms with Crippen molar-refractivity contribution in [3.63, 3.8) is 0 Å². The maximum absolute atomic E-state index is 6.20. The molecular formula is C15H17N5. The smallest absolute Gasteiger partial charge is 0.129 e. The molecule has 102 valence electrons. The van der Waals surface area contributed by atoms with Crippen LogP contribution in [0.5, 0.6) is 0 Å². The molecule has 20 heavy (non-hydrogen) atoms. The molecule has 0 spiro atoms. The Morgan fingerprint density at radius 1 is 1.05 bits per heavy atom. The van der Waals surface area contributed by atoms with Crippen LogP contribution in [0.4, 0.5) is 5.82 Å². The molecule has 5 nitrogen and oxygen atoms in total. The van der Waals surface area contributed by atoms with Crippen LogP contribution >= 0.6 is 0 Å². The maximum atomic E-state index is 6.20. The molecule has 0 amide bonds. The lowest BCUT2D eigenvalue weighted by molar-refractivity contribution is 0.756. The Morgan fingerprint density at radius 2 is 1.75 bits per heavy atom. The number of aryl methyl sites for hydroxylation is 3. The lowest BCUT2D eigenvalue weighted by atomic mass is 10.0. The van der Waals surface area contributed by atoms with Crippen molar-refractivity contribution in [3.05, 3.63) is 42.2 Å². The van der Waals surface area contributed by atoms with Crippen LogP contribution in [-0.2, 0) is 14.1 Å². The highest BCUT2D eigenvalue weighted by Crippen LogP contribution is 2.36. The minimum atomic E-state index is 0.662. The topological polar surface area (TPSA) is 61.7 Å². The van der Waals surface area contributed by atoms with Gasteiger partial charge in [-0.2, -0.15) is 10.2 Å². The molecule has 0 bridgehead atoms. The van der Waals surface area contributed by atoms with E-state index in [1.54, 1.807) is 9.36 Å².